The molecule has 110 valence electrons. The second-order valence-corrected chi connectivity index (χ2v) is 4.34. The number of aromatic nitrogens is 3. The zero-order chi connectivity index (χ0) is 15.2. The Morgan fingerprint density at radius 3 is 2.86 bits per heavy atom. The second kappa shape index (κ2) is 6.65. The van der Waals surface area contributed by atoms with Gasteiger partial charge in [-0.15, -0.1) is 0 Å². The van der Waals surface area contributed by atoms with E-state index >= 15 is 0 Å². The van der Waals surface area contributed by atoms with Crippen molar-refractivity contribution in [1.29, 1.82) is 0 Å². The zero-order valence-corrected chi connectivity index (χ0v) is 11.9. The van der Waals surface area contributed by atoms with Crippen LogP contribution in [0.25, 0.3) is 11.1 Å². The van der Waals surface area contributed by atoms with E-state index in [0.29, 0.717) is 5.69 Å². The molecule has 2 aromatic heterocycles. The van der Waals surface area contributed by atoms with Crippen LogP contribution in [0.4, 0.5) is 0 Å². The van der Waals surface area contributed by atoms with Crippen molar-refractivity contribution in [3.05, 3.63) is 36.4 Å². The first-order chi connectivity index (χ1) is 10.1. The Hall–Kier alpha value is -2.70. The van der Waals surface area contributed by atoms with Gasteiger partial charge in [-0.1, -0.05) is 0 Å². The molecule has 0 unspecified atom stereocenters. The molecule has 0 aliphatic heterocycles. The van der Waals surface area contributed by atoms with Crippen molar-refractivity contribution < 1.29 is 14.3 Å². The number of carbonyl (C=O) groups excluding carboxylic acids is 2. The van der Waals surface area contributed by atoms with E-state index in [1.165, 1.54) is 0 Å². The number of ether oxygens (including phenoxy) is 1. The Morgan fingerprint density at radius 1 is 1.38 bits per heavy atom. The molecule has 2 aromatic rings. The summed E-state index contributed by atoms with van der Waals surface area (Å²) in [6.07, 6.45) is 5.28. The summed E-state index contributed by atoms with van der Waals surface area (Å²) >= 11 is 0. The molecule has 0 saturated carbocycles. The Balaban J connectivity index is 2.02. The zero-order valence-electron chi connectivity index (χ0n) is 11.9. The number of aryl methyl sites for hydroxylation is 1. The van der Waals surface area contributed by atoms with E-state index in [0.717, 1.165) is 11.1 Å². The lowest BCUT2D eigenvalue weighted by Crippen LogP contribution is -2.32. The second-order valence-electron chi connectivity index (χ2n) is 4.34. The minimum absolute atomic E-state index is 0.158. The van der Waals surface area contributed by atoms with E-state index in [9.17, 15) is 9.59 Å². The van der Waals surface area contributed by atoms with Crippen LogP contribution in [0.2, 0.25) is 0 Å². The summed E-state index contributed by atoms with van der Waals surface area (Å²) in [5.74, 6) is -1.66. The van der Waals surface area contributed by atoms with Crippen LogP contribution in [0.1, 0.15) is 12.6 Å². The van der Waals surface area contributed by atoms with Gasteiger partial charge in [-0.2, -0.15) is 5.10 Å². The third-order valence-corrected chi connectivity index (χ3v) is 2.75. The van der Waals surface area contributed by atoms with Gasteiger partial charge in [-0.05, 0) is 24.6 Å². The Labute approximate surface area is 121 Å². The lowest BCUT2D eigenvalue weighted by atomic mass is 10.1. The topological polar surface area (TPSA) is 86.1 Å². The first kappa shape index (κ1) is 14.7. The number of amides is 1. The Morgan fingerprint density at radius 2 is 2.19 bits per heavy atom. The number of rotatable bonds is 4. The maximum atomic E-state index is 11.4. The molecule has 0 radical (unpaired) electrons. The molecule has 0 spiro atoms. The highest BCUT2D eigenvalue weighted by Gasteiger charge is 2.14. The van der Waals surface area contributed by atoms with Crippen LogP contribution < -0.4 is 5.32 Å². The summed E-state index contributed by atoms with van der Waals surface area (Å²) in [4.78, 5) is 26.8. The minimum Gasteiger partial charge on any atom is -0.459 e. The van der Waals surface area contributed by atoms with Crippen molar-refractivity contribution in [3.8, 4) is 11.1 Å². The van der Waals surface area contributed by atoms with Gasteiger partial charge >= 0.3 is 11.9 Å². The van der Waals surface area contributed by atoms with Crippen molar-refractivity contribution in [2.45, 2.75) is 13.5 Å². The van der Waals surface area contributed by atoms with Crippen LogP contribution in [-0.4, -0.2) is 33.2 Å². The Kier molecular flexibility index (Phi) is 4.65. The molecule has 0 fully saturated rings. The molecule has 1 amide bonds. The Bertz CT molecular complexity index is 651. The highest BCUT2D eigenvalue weighted by Crippen LogP contribution is 2.18. The van der Waals surface area contributed by atoms with Gasteiger partial charge in [0.15, 0.2) is 0 Å². The van der Waals surface area contributed by atoms with E-state index < -0.39 is 11.9 Å². The van der Waals surface area contributed by atoms with Gasteiger partial charge in [0.1, 0.15) is 0 Å². The fourth-order valence-electron chi connectivity index (χ4n) is 1.76. The number of carbonyl (C=O) groups is 2. The minimum atomic E-state index is -0.888. The summed E-state index contributed by atoms with van der Waals surface area (Å²) in [5.41, 5.74) is 2.55. The fourth-order valence-corrected chi connectivity index (χ4v) is 1.76. The predicted molar refractivity (Wildman–Crippen MR) is 74.9 cm³/mol. The number of pyridine rings is 1. The highest BCUT2D eigenvalue weighted by molar-refractivity contribution is 6.32. The smallest absolute Gasteiger partial charge is 0.396 e. The molecule has 0 aliphatic carbocycles. The molecule has 1 N–H and O–H groups in total. The lowest BCUT2D eigenvalue weighted by Gasteiger charge is -2.05. The number of nitrogens with one attached hydrogen (secondary N) is 1. The summed E-state index contributed by atoms with van der Waals surface area (Å²) in [6, 6.07) is 3.69. The van der Waals surface area contributed by atoms with Gasteiger partial charge in [0.25, 0.3) is 0 Å². The molecule has 0 atom stereocenters. The molecule has 0 aromatic carbocycles. The molecule has 7 nitrogen and oxygen atoms in total. The fraction of sp³-hybridized carbons (Fsp3) is 0.286. The van der Waals surface area contributed by atoms with Crippen LogP contribution in [0, 0.1) is 0 Å². The molecule has 0 saturated heterocycles. The van der Waals surface area contributed by atoms with E-state index in [-0.39, 0.29) is 13.2 Å². The quantitative estimate of drug-likeness (QED) is 0.660. The molecule has 7 heteroatoms. The third-order valence-electron chi connectivity index (χ3n) is 2.75. The van der Waals surface area contributed by atoms with Gasteiger partial charge in [-0.3, -0.25) is 14.5 Å². The van der Waals surface area contributed by atoms with Gasteiger partial charge < -0.3 is 10.1 Å². The number of hydrogen-bond acceptors (Lipinski definition) is 5. The third kappa shape index (κ3) is 3.88. The van der Waals surface area contributed by atoms with E-state index in [2.05, 4.69) is 20.1 Å². The van der Waals surface area contributed by atoms with Crippen LogP contribution >= 0.6 is 0 Å². The average molecular weight is 288 g/mol. The highest BCUT2D eigenvalue weighted by atomic mass is 16.5. The molecular weight excluding hydrogens is 272 g/mol. The van der Waals surface area contributed by atoms with Crippen molar-refractivity contribution in [2.24, 2.45) is 7.05 Å². The maximum Gasteiger partial charge on any atom is 0.396 e. The van der Waals surface area contributed by atoms with E-state index in [4.69, 9.17) is 0 Å². The summed E-state index contributed by atoms with van der Waals surface area (Å²) < 4.78 is 6.31. The molecular formula is C14H16N4O3. The lowest BCUT2D eigenvalue weighted by molar-refractivity contribution is -0.154. The van der Waals surface area contributed by atoms with Crippen LogP contribution in [0.5, 0.6) is 0 Å². The normalized spacial score (nSPS) is 10.2. The summed E-state index contributed by atoms with van der Waals surface area (Å²) in [5, 5.41) is 6.58. The van der Waals surface area contributed by atoms with E-state index in [1.807, 2.05) is 25.4 Å². The number of nitrogens with zero attached hydrogens (tertiary/aromatic N) is 3. The molecule has 0 bridgehead atoms. The molecule has 2 heterocycles. The molecule has 2 rings (SSSR count). The predicted octanol–water partition coefficient (Wildman–Crippen LogP) is 0.661. The van der Waals surface area contributed by atoms with Crippen molar-refractivity contribution in [2.75, 3.05) is 6.61 Å². The van der Waals surface area contributed by atoms with Gasteiger partial charge in [0.05, 0.1) is 25.0 Å². The standard InChI is InChI=1S/C14H16N4O3/c1-3-21-14(20)13(19)16-8-12-6-10(4-5-15-12)11-7-17-18(2)9-11/h4-7,9H,3,8H2,1-2H3,(H,16,19). The van der Waals surface area contributed by atoms with Crippen molar-refractivity contribution in [1.82, 2.24) is 20.1 Å². The van der Waals surface area contributed by atoms with Gasteiger partial charge in [-0.25, -0.2) is 4.79 Å². The van der Waals surface area contributed by atoms with Crippen molar-refractivity contribution >= 4 is 11.9 Å². The largest absolute Gasteiger partial charge is 0.459 e. The number of hydrogen-bond donors (Lipinski definition) is 1. The summed E-state index contributed by atoms with van der Waals surface area (Å²) in [6.45, 7) is 1.97. The summed E-state index contributed by atoms with van der Waals surface area (Å²) in [7, 11) is 1.84. The monoisotopic (exact) mass is 288 g/mol. The first-order valence-corrected chi connectivity index (χ1v) is 6.49. The SMILES string of the molecule is CCOC(=O)C(=O)NCc1cc(-c2cnn(C)c2)ccn1. The van der Waals surface area contributed by atoms with Gasteiger partial charge in [0, 0.05) is 25.0 Å². The average Bonchev–Trinajstić information content (AvgIpc) is 2.92. The van der Waals surface area contributed by atoms with Gasteiger partial charge in [0.2, 0.25) is 0 Å². The number of esters is 1. The molecule has 21 heavy (non-hydrogen) atoms. The first-order valence-electron chi connectivity index (χ1n) is 6.49. The molecule has 0 aliphatic rings. The maximum absolute atomic E-state index is 11.4. The van der Waals surface area contributed by atoms with Crippen molar-refractivity contribution in [3.63, 3.8) is 0 Å². The van der Waals surface area contributed by atoms with Crippen LogP contribution in [-0.2, 0) is 27.9 Å². The van der Waals surface area contributed by atoms with E-state index in [1.54, 1.807) is 24.0 Å². The van der Waals surface area contributed by atoms with Crippen LogP contribution in [0.3, 0.4) is 0 Å². The van der Waals surface area contributed by atoms with Crippen LogP contribution in [0.15, 0.2) is 30.7 Å².